The summed E-state index contributed by atoms with van der Waals surface area (Å²) in [6, 6.07) is 5.85. The van der Waals surface area contributed by atoms with E-state index in [0.717, 1.165) is 33.5 Å². The third-order valence-electron chi connectivity index (χ3n) is 1.84. The SMILES string of the molecule is COCc1ccc(OC[SiH3])c(OC)c1. The predicted octanol–water partition coefficient (Wildman–Crippen LogP) is 0.543. The first-order valence-electron chi connectivity index (χ1n) is 4.60. The molecule has 1 aromatic rings. The first kappa shape index (κ1) is 11.1. The van der Waals surface area contributed by atoms with Gasteiger partial charge in [-0.05, 0) is 17.7 Å². The molecule has 0 aromatic heterocycles. The van der Waals surface area contributed by atoms with Crippen molar-refractivity contribution in [3.05, 3.63) is 23.8 Å². The lowest BCUT2D eigenvalue weighted by Crippen LogP contribution is -1.99. The number of ether oxygens (including phenoxy) is 3. The van der Waals surface area contributed by atoms with Crippen molar-refractivity contribution < 1.29 is 14.2 Å². The first-order valence-corrected chi connectivity index (χ1v) is 6.02. The van der Waals surface area contributed by atoms with E-state index in [-0.39, 0.29) is 0 Å². The maximum atomic E-state index is 5.46. The zero-order chi connectivity index (χ0) is 10.4. The van der Waals surface area contributed by atoms with Crippen LogP contribution >= 0.6 is 0 Å². The van der Waals surface area contributed by atoms with Gasteiger partial charge in [0.1, 0.15) is 0 Å². The molecule has 0 bridgehead atoms. The molecule has 0 aliphatic heterocycles. The number of benzene rings is 1. The number of hydrogen-bond donors (Lipinski definition) is 0. The van der Waals surface area contributed by atoms with Gasteiger partial charge in [-0.3, -0.25) is 0 Å². The zero-order valence-electron chi connectivity index (χ0n) is 8.87. The summed E-state index contributed by atoms with van der Waals surface area (Å²) >= 11 is 0. The lowest BCUT2D eigenvalue weighted by Gasteiger charge is -2.10. The second-order valence-electron chi connectivity index (χ2n) is 2.85. The van der Waals surface area contributed by atoms with E-state index in [4.69, 9.17) is 14.2 Å². The van der Waals surface area contributed by atoms with Gasteiger partial charge in [-0.1, -0.05) is 6.07 Å². The molecule has 0 fully saturated rings. The van der Waals surface area contributed by atoms with Crippen molar-refractivity contribution in [1.29, 1.82) is 0 Å². The van der Waals surface area contributed by atoms with Gasteiger partial charge >= 0.3 is 0 Å². The van der Waals surface area contributed by atoms with Gasteiger partial charge in [0.05, 0.1) is 30.2 Å². The molecule has 0 heterocycles. The van der Waals surface area contributed by atoms with E-state index < -0.39 is 0 Å². The van der Waals surface area contributed by atoms with Crippen LogP contribution in [0.5, 0.6) is 11.5 Å². The second-order valence-corrected chi connectivity index (χ2v) is 3.43. The van der Waals surface area contributed by atoms with Crippen LogP contribution in [0.15, 0.2) is 18.2 Å². The van der Waals surface area contributed by atoms with Gasteiger partial charge in [-0.2, -0.15) is 0 Å². The monoisotopic (exact) mass is 212 g/mol. The molecule has 0 amide bonds. The third-order valence-corrected chi connectivity index (χ3v) is 2.13. The third kappa shape index (κ3) is 2.75. The standard InChI is InChI=1S/C10H16O3Si/c1-11-6-8-3-4-9(13-7-14)10(5-8)12-2/h3-5H,6-7H2,1-2,14H3. The average Bonchev–Trinajstić information content (AvgIpc) is 2.21. The van der Waals surface area contributed by atoms with E-state index in [9.17, 15) is 0 Å². The van der Waals surface area contributed by atoms with Crippen LogP contribution in [0.4, 0.5) is 0 Å². The van der Waals surface area contributed by atoms with Crippen LogP contribution in [-0.4, -0.2) is 30.7 Å². The Morgan fingerprint density at radius 2 is 2.00 bits per heavy atom. The molecule has 0 saturated carbocycles. The summed E-state index contributed by atoms with van der Waals surface area (Å²) in [5.41, 5.74) is 1.09. The summed E-state index contributed by atoms with van der Waals surface area (Å²) in [6.07, 6.45) is 0.778. The lowest BCUT2D eigenvalue weighted by molar-refractivity contribution is 0.184. The smallest absolute Gasteiger partial charge is 0.161 e. The molecule has 0 saturated heterocycles. The van der Waals surface area contributed by atoms with Crippen molar-refractivity contribution in [3.63, 3.8) is 0 Å². The highest BCUT2D eigenvalue weighted by molar-refractivity contribution is 6.08. The fourth-order valence-electron chi connectivity index (χ4n) is 1.24. The Kier molecular flexibility index (Phi) is 4.48. The van der Waals surface area contributed by atoms with Crippen molar-refractivity contribution in [2.24, 2.45) is 0 Å². The van der Waals surface area contributed by atoms with Crippen molar-refractivity contribution >= 4 is 10.2 Å². The quantitative estimate of drug-likeness (QED) is 0.667. The Labute approximate surface area is 87.4 Å². The van der Waals surface area contributed by atoms with Gasteiger partial charge in [0.15, 0.2) is 11.5 Å². The van der Waals surface area contributed by atoms with E-state index in [1.807, 2.05) is 18.2 Å². The minimum atomic E-state index is 0.595. The van der Waals surface area contributed by atoms with Gasteiger partial charge in [-0.25, -0.2) is 0 Å². The van der Waals surface area contributed by atoms with Gasteiger partial charge in [0.25, 0.3) is 0 Å². The molecular formula is C10H16O3Si. The fourth-order valence-corrected chi connectivity index (χ4v) is 1.55. The summed E-state index contributed by atoms with van der Waals surface area (Å²) < 4.78 is 15.7. The largest absolute Gasteiger partial charge is 0.494 e. The second kappa shape index (κ2) is 5.67. The van der Waals surface area contributed by atoms with Crippen LogP contribution in [0.2, 0.25) is 0 Å². The Morgan fingerprint density at radius 1 is 1.21 bits per heavy atom. The summed E-state index contributed by atoms with van der Waals surface area (Å²) in [4.78, 5) is 0. The maximum absolute atomic E-state index is 5.46. The predicted molar refractivity (Wildman–Crippen MR) is 59.1 cm³/mol. The van der Waals surface area contributed by atoms with Crippen LogP contribution in [0, 0.1) is 0 Å². The van der Waals surface area contributed by atoms with Gasteiger partial charge in [0.2, 0.25) is 0 Å². The molecule has 0 aliphatic rings. The highest BCUT2D eigenvalue weighted by Crippen LogP contribution is 2.27. The molecule has 4 heteroatoms. The molecule has 0 N–H and O–H groups in total. The Morgan fingerprint density at radius 3 is 2.57 bits per heavy atom. The normalized spacial score (nSPS) is 10.1. The molecule has 14 heavy (non-hydrogen) atoms. The summed E-state index contributed by atoms with van der Waals surface area (Å²) in [7, 11) is 4.34. The molecule has 1 rings (SSSR count). The summed E-state index contributed by atoms with van der Waals surface area (Å²) in [5, 5.41) is 0. The number of methoxy groups -OCH3 is 2. The van der Waals surface area contributed by atoms with Crippen LogP contribution in [-0.2, 0) is 11.3 Å². The van der Waals surface area contributed by atoms with E-state index in [1.54, 1.807) is 14.2 Å². The lowest BCUT2D eigenvalue weighted by atomic mass is 10.2. The first-order chi connectivity index (χ1) is 6.81. The molecule has 0 aliphatic carbocycles. The van der Waals surface area contributed by atoms with Crippen LogP contribution in [0.3, 0.4) is 0 Å². The molecule has 0 spiro atoms. The van der Waals surface area contributed by atoms with Crippen molar-refractivity contribution in [1.82, 2.24) is 0 Å². The molecule has 0 unspecified atom stereocenters. The molecule has 0 atom stereocenters. The molecule has 78 valence electrons. The summed E-state index contributed by atoms with van der Waals surface area (Å²) in [6.45, 7) is 0.595. The van der Waals surface area contributed by atoms with Crippen molar-refractivity contribution in [2.45, 2.75) is 6.61 Å². The van der Waals surface area contributed by atoms with Crippen molar-refractivity contribution in [3.8, 4) is 11.5 Å². The molecule has 0 radical (unpaired) electrons. The van der Waals surface area contributed by atoms with Crippen LogP contribution < -0.4 is 9.47 Å². The maximum Gasteiger partial charge on any atom is 0.161 e. The highest BCUT2D eigenvalue weighted by Gasteiger charge is 2.04. The van der Waals surface area contributed by atoms with E-state index >= 15 is 0 Å². The summed E-state index contributed by atoms with van der Waals surface area (Å²) in [5.74, 6) is 1.58. The minimum Gasteiger partial charge on any atom is -0.494 e. The van der Waals surface area contributed by atoms with Crippen LogP contribution in [0.25, 0.3) is 0 Å². The van der Waals surface area contributed by atoms with Crippen molar-refractivity contribution in [2.75, 3.05) is 20.4 Å². The number of hydrogen-bond acceptors (Lipinski definition) is 3. The van der Waals surface area contributed by atoms with E-state index in [1.165, 1.54) is 0 Å². The van der Waals surface area contributed by atoms with E-state index in [0.29, 0.717) is 6.61 Å². The van der Waals surface area contributed by atoms with Gasteiger partial charge in [0, 0.05) is 7.11 Å². The van der Waals surface area contributed by atoms with Gasteiger partial charge in [-0.15, -0.1) is 0 Å². The highest BCUT2D eigenvalue weighted by atomic mass is 28.1. The van der Waals surface area contributed by atoms with Crippen LogP contribution in [0.1, 0.15) is 5.56 Å². The Hall–Kier alpha value is -1.00. The molecule has 3 nitrogen and oxygen atoms in total. The minimum absolute atomic E-state index is 0.595. The Balaban J connectivity index is 2.87. The zero-order valence-corrected chi connectivity index (χ0v) is 10.9. The molecule has 1 aromatic carbocycles. The average molecular weight is 212 g/mol. The molecular weight excluding hydrogens is 196 g/mol. The number of rotatable bonds is 5. The van der Waals surface area contributed by atoms with E-state index in [2.05, 4.69) is 0 Å². The Bertz CT molecular complexity index is 289. The topological polar surface area (TPSA) is 27.7 Å². The van der Waals surface area contributed by atoms with Gasteiger partial charge < -0.3 is 14.2 Å². The fraction of sp³-hybridized carbons (Fsp3) is 0.400.